The molecule has 1 saturated carbocycles. The highest BCUT2D eigenvalue weighted by atomic mass is 35.5. The highest BCUT2D eigenvalue weighted by Crippen LogP contribution is 2.47. The molecule has 1 N–H and O–H groups in total. The molecule has 3 heteroatoms. The van der Waals surface area contributed by atoms with Gasteiger partial charge in [0.25, 0.3) is 0 Å². The summed E-state index contributed by atoms with van der Waals surface area (Å²) in [5.41, 5.74) is 1.02. The number of benzene rings is 1. The molecule has 0 saturated heterocycles. The van der Waals surface area contributed by atoms with E-state index in [1.807, 2.05) is 25.1 Å². The summed E-state index contributed by atoms with van der Waals surface area (Å²) in [4.78, 5) is 0. The quantitative estimate of drug-likeness (QED) is 0.840. The third kappa shape index (κ3) is 1.77. The summed E-state index contributed by atoms with van der Waals surface area (Å²) in [6.45, 7) is 1.85. The Morgan fingerprint density at radius 3 is 2.33 bits per heavy atom. The molecule has 1 aliphatic rings. The molecule has 2 rings (SSSR count). The molecule has 15 heavy (non-hydrogen) atoms. The van der Waals surface area contributed by atoms with Gasteiger partial charge in [-0.25, -0.2) is 0 Å². The number of aliphatic hydroxyl groups excluding tert-OH is 1. The van der Waals surface area contributed by atoms with Crippen molar-refractivity contribution in [1.82, 2.24) is 0 Å². The Balaban J connectivity index is 2.39. The average molecular weight is 245 g/mol. The first-order valence-electron chi connectivity index (χ1n) is 5.20. The van der Waals surface area contributed by atoms with E-state index < -0.39 is 0 Å². The van der Waals surface area contributed by atoms with E-state index in [2.05, 4.69) is 0 Å². The van der Waals surface area contributed by atoms with Crippen LogP contribution in [0.4, 0.5) is 0 Å². The van der Waals surface area contributed by atoms with Gasteiger partial charge >= 0.3 is 0 Å². The molecule has 0 amide bonds. The second kappa shape index (κ2) is 3.97. The summed E-state index contributed by atoms with van der Waals surface area (Å²) >= 11 is 11.9. The second-order valence-electron chi connectivity index (χ2n) is 4.31. The Hall–Kier alpha value is -0.240. The predicted octanol–water partition coefficient (Wildman–Crippen LogP) is 3.80. The van der Waals surface area contributed by atoms with Crippen LogP contribution in [-0.2, 0) is 5.41 Å². The zero-order valence-corrected chi connectivity index (χ0v) is 10.1. The minimum atomic E-state index is -0.330. The van der Waals surface area contributed by atoms with E-state index >= 15 is 0 Å². The summed E-state index contributed by atoms with van der Waals surface area (Å²) in [6, 6.07) is 5.66. The van der Waals surface area contributed by atoms with Crippen LogP contribution in [0.25, 0.3) is 0 Å². The Kier molecular flexibility index (Phi) is 2.98. The number of hydrogen-bond acceptors (Lipinski definition) is 1. The number of hydrogen-bond donors (Lipinski definition) is 1. The molecular formula is C12H14Cl2O. The van der Waals surface area contributed by atoms with Gasteiger partial charge in [-0.3, -0.25) is 0 Å². The lowest BCUT2D eigenvalue weighted by Crippen LogP contribution is -2.43. The fourth-order valence-corrected chi connectivity index (χ4v) is 2.61. The van der Waals surface area contributed by atoms with Crippen molar-refractivity contribution in [3.63, 3.8) is 0 Å². The van der Waals surface area contributed by atoms with Crippen molar-refractivity contribution >= 4 is 23.2 Å². The average Bonchev–Trinajstić information content (AvgIpc) is 2.08. The van der Waals surface area contributed by atoms with Gasteiger partial charge in [0.1, 0.15) is 0 Å². The van der Waals surface area contributed by atoms with Gasteiger partial charge in [0.15, 0.2) is 0 Å². The lowest BCUT2D eigenvalue weighted by molar-refractivity contribution is 0.0420. The molecule has 0 aromatic heterocycles. The molecule has 1 atom stereocenters. The van der Waals surface area contributed by atoms with Crippen molar-refractivity contribution < 1.29 is 5.11 Å². The van der Waals surface area contributed by atoms with Gasteiger partial charge in [0.05, 0.1) is 16.1 Å². The monoisotopic (exact) mass is 244 g/mol. The van der Waals surface area contributed by atoms with Crippen molar-refractivity contribution in [3.05, 3.63) is 33.8 Å². The smallest absolute Gasteiger partial charge is 0.0608 e. The highest BCUT2D eigenvalue weighted by molar-refractivity contribution is 6.42. The Morgan fingerprint density at radius 1 is 1.27 bits per heavy atom. The number of halogens is 2. The molecule has 1 aromatic carbocycles. The first-order chi connectivity index (χ1) is 7.06. The Morgan fingerprint density at radius 2 is 1.93 bits per heavy atom. The SMILES string of the molecule is CC(O)C1(c2ccc(Cl)c(Cl)c2)CCC1. The van der Waals surface area contributed by atoms with Gasteiger partial charge in [-0.1, -0.05) is 35.7 Å². The Bertz CT molecular complexity index is 370. The van der Waals surface area contributed by atoms with Gasteiger partial charge in [-0.2, -0.15) is 0 Å². The molecule has 1 unspecified atom stereocenters. The van der Waals surface area contributed by atoms with Gasteiger partial charge in [0, 0.05) is 5.41 Å². The van der Waals surface area contributed by atoms with Gasteiger partial charge in [-0.05, 0) is 37.5 Å². The third-order valence-electron chi connectivity index (χ3n) is 3.54. The van der Waals surface area contributed by atoms with E-state index in [0.717, 1.165) is 18.4 Å². The second-order valence-corrected chi connectivity index (χ2v) is 5.13. The van der Waals surface area contributed by atoms with Crippen LogP contribution in [0.3, 0.4) is 0 Å². The maximum absolute atomic E-state index is 9.86. The zero-order valence-electron chi connectivity index (χ0n) is 8.63. The lowest BCUT2D eigenvalue weighted by atomic mass is 9.61. The normalized spacial score (nSPS) is 20.8. The van der Waals surface area contributed by atoms with Crippen molar-refractivity contribution in [3.8, 4) is 0 Å². The van der Waals surface area contributed by atoms with E-state index in [1.165, 1.54) is 6.42 Å². The minimum Gasteiger partial charge on any atom is -0.392 e. The van der Waals surface area contributed by atoms with Crippen molar-refractivity contribution in [2.24, 2.45) is 0 Å². The highest BCUT2D eigenvalue weighted by Gasteiger charge is 2.42. The summed E-state index contributed by atoms with van der Waals surface area (Å²) in [5.74, 6) is 0. The van der Waals surface area contributed by atoms with E-state index in [-0.39, 0.29) is 11.5 Å². The van der Waals surface area contributed by atoms with Crippen LogP contribution in [0, 0.1) is 0 Å². The van der Waals surface area contributed by atoms with Crippen LogP contribution < -0.4 is 0 Å². The fraction of sp³-hybridized carbons (Fsp3) is 0.500. The molecular weight excluding hydrogens is 231 g/mol. The number of aliphatic hydroxyl groups is 1. The van der Waals surface area contributed by atoms with Crippen LogP contribution in [0.5, 0.6) is 0 Å². The molecule has 0 radical (unpaired) electrons. The van der Waals surface area contributed by atoms with E-state index in [0.29, 0.717) is 10.0 Å². The summed E-state index contributed by atoms with van der Waals surface area (Å²) in [5, 5.41) is 11.0. The van der Waals surface area contributed by atoms with E-state index in [4.69, 9.17) is 23.2 Å². The van der Waals surface area contributed by atoms with Crippen LogP contribution in [0.1, 0.15) is 31.7 Å². The molecule has 1 aliphatic carbocycles. The standard InChI is InChI=1S/C12H14Cl2O/c1-8(15)12(5-2-6-12)9-3-4-10(13)11(14)7-9/h3-4,7-8,15H,2,5-6H2,1H3. The molecule has 0 aliphatic heterocycles. The first kappa shape index (κ1) is 11.3. The molecule has 82 valence electrons. The van der Waals surface area contributed by atoms with Gasteiger partial charge < -0.3 is 5.11 Å². The lowest BCUT2D eigenvalue weighted by Gasteiger charge is -2.45. The third-order valence-corrected chi connectivity index (χ3v) is 4.28. The van der Waals surface area contributed by atoms with Crippen molar-refractivity contribution in [1.29, 1.82) is 0 Å². The predicted molar refractivity (Wildman–Crippen MR) is 63.7 cm³/mol. The van der Waals surface area contributed by atoms with Crippen LogP contribution in [0.2, 0.25) is 10.0 Å². The molecule has 1 aromatic rings. The summed E-state index contributed by atoms with van der Waals surface area (Å²) in [7, 11) is 0. The molecule has 1 fully saturated rings. The topological polar surface area (TPSA) is 20.2 Å². The first-order valence-corrected chi connectivity index (χ1v) is 5.95. The minimum absolute atomic E-state index is 0.0891. The number of rotatable bonds is 2. The van der Waals surface area contributed by atoms with Gasteiger partial charge in [0.2, 0.25) is 0 Å². The fourth-order valence-electron chi connectivity index (χ4n) is 2.31. The van der Waals surface area contributed by atoms with Crippen LogP contribution in [0.15, 0.2) is 18.2 Å². The molecule has 0 bridgehead atoms. The molecule has 0 heterocycles. The van der Waals surface area contributed by atoms with E-state index in [9.17, 15) is 5.11 Å². The van der Waals surface area contributed by atoms with Crippen molar-refractivity contribution in [2.45, 2.75) is 37.7 Å². The zero-order chi connectivity index (χ0) is 11.1. The van der Waals surface area contributed by atoms with Gasteiger partial charge in [-0.15, -0.1) is 0 Å². The van der Waals surface area contributed by atoms with Crippen molar-refractivity contribution in [2.75, 3.05) is 0 Å². The van der Waals surface area contributed by atoms with Crippen LogP contribution in [-0.4, -0.2) is 11.2 Å². The summed E-state index contributed by atoms with van der Waals surface area (Å²) in [6.07, 6.45) is 2.90. The molecule has 0 spiro atoms. The Labute approximate surface area is 100 Å². The van der Waals surface area contributed by atoms with Crippen LogP contribution >= 0.6 is 23.2 Å². The maximum Gasteiger partial charge on any atom is 0.0608 e. The molecule has 1 nitrogen and oxygen atoms in total. The largest absolute Gasteiger partial charge is 0.392 e. The van der Waals surface area contributed by atoms with E-state index in [1.54, 1.807) is 0 Å². The maximum atomic E-state index is 9.86. The summed E-state index contributed by atoms with van der Waals surface area (Å²) < 4.78 is 0.